The quantitative estimate of drug-likeness (QED) is 0.652. The molecule has 2 amide bonds. The number of anilines is 1. The molecule has 0 atom stereocenters. The molecule has 3 aromatic rings. The third kappa shape index (κ3) is 4.65. The van der Waals surface area contributed by atoms with E-state index in [-0.39, 0.29) is 22.9 Å². The molecule has 0 saturated heterocycles. The second-order valence-electron chi connectivity index (χ2n) is 6.57. The van der Waals surface area contributed by atoms with Gasteiger partial charge in [-0.1, -0.05) is 18.2 Å². The second-order valence-corrected chi connectivity index (χ2v) is 6.57. The van der Waals surface area contributed by atoms with Gasteiger partial charge in [0.1, 0.15) is 5.69 Å². The van der Waals surface area contributed by atoms with E-state index >= 15 is 0 Å². The van der Waals surface area contributed by atoms with Gasteiger partial charge in [-0.15, -0.1) is 0 Å². The lowest BCUT2D eigenvalue weighted by Crippen LogP contribution is -2.18. The number of benzene rings is 2. The Hall–Kier alpha value is -3.68. The highest BCUT2D eigenvalue weighted by molar-refractivity contribution is 6.05. The lowest BCUT2D eigenvalue weighted by atomic mass is 9.98. The molecule has 8 heteroatoms. The number of rotatable bonds is 4. The van der Waals surface area contributed by atoms with Crippen LogP contribution >= 0.6 is 0 Å². The van der Waals surface area contributed by atoms with Crippen LogP contribution in [0.2, 0.25) is 0 Å². The zero-order valence-corrected chi connectivity index (χ0v) is 16.2. The van der Waals surface area contributed by atoms with E-state index < -0.39 is 17.6 Å². The van der Waals surface area contributed by atoms with E-state index in [0.29, 0.717) is 5.56 Å². The van der Waals surface area contributed by atoms with Crippen LogP contribution in [0.3, 0.4) is 0 Å². The molecule has 0 fully saturated rings. The molecule has 0 aliphatic rings. The topological polar surface area (TPSA) is 71.1 Å². The van der Waals surface area contributed by atoms with Gasteiger partial charge in [0.15, 0.2) is 0 Å². The van der Waals surface area contributed by atoms with E-state index in [9.17, 15) is 22.8 Å². The Morgan fingerprint density at radius 3 is 2.37 bits per heavy atom. The predicted octanol–water partition coefficient (Wildman–Crippen LogP) is 4.69. The van der Waals surface area contributed by atoms with Crippen molar-refractivity contribution in [1.82, 2.24) is 10.3 Å². The summed E-state index contributed by atoms with van der Waals surface area (Å²) in [6.45, 7) is 1.86. The third-order valence-corrected chi connectivity index (χ3v) is 4.48. The molecule has 3 rings (SSSR count). The Morgan fingerprint density at radius 1 is 0.967 bits per heavy atom. The number of alkyl halides is 3. The molecule has 30 heavy (non-hydrogen) atoms. The van der Waals surface area contributed by atoms with Gasteiger partial charge >= 0.3 is 6.18 Å². The monoisotopic (exact) mass is 413 g/mol. The standard InChI is InChI=1S/C22H18F3N3O2/c1-13-6-7-14(10-18(13)15-8-9-19(27-12-15)21(30)26-2)20(29)28-17-5-3-4-16(11-17)22(23,24)25/h3-12H,1-2H3,(H,26,30)(H,28,29). The van der Waals surface area contributed by atoms with Crippen molar-refractivity contribution in [3.63, 3.8) is 0 Å². The van der Waals surface area contributed by atoms with Gasteiger partial charge in [0.25, 0.3) is 11.8 Å². The van der Waals surface area contributed by atoms with Gasteiger partial charge in [-0.3, -0.25) is 14.6 Å². The first-order valence-corrected chi connectivity index (χ1v) is 8.97. The number of halogens is 3. The van der Waals surface area contributed by atoms with E-state index in [0.717, 1.165) is 23.3 Å². The van der Waals surface area contributed by atoms with E-state index in [1.165, 1.54) is 25.4 Å². The third-order valence-electron chi connectivity index (χ3n) is 4.48. The van der Waals surface area contributed by atoms with Crippen LogP contribution in [0.4, 0.5) is 18.9 Å². The molecule has 154 valence electrons. The van der Waals surface area contributed by atoms with Gasteiger partial charge < -0.3 is 10.6 Å². The molecule has 2 N–H and O–H groups in total. The molecule has 2 aromatic carbocycles. The Bertz CT molecular complexity index is 1090. The van der Waals surface area contributed by atoms with Crippen molar-refractivity contribution in [2.75, 3.05) is 12.4 Å². The Labute approximate surface area is 171 Å². The van der Waals surface area contributed by atoms with Gasteiger partial charge in [-0.25, -0.2) is 0 Å². The zero-order chi connectivity index (χ0) is 21.9. The van der Waals surface area contributed by atoms with Crippen LogP contribution in [0.1, 0.15) is 32.0 Å². The molecule has 5 nitrogen and oxygen atoms in total. The lowest BCUT2D eigenvalue weighted by Gasteiger charge is -2.12. The van der Waals surface area contributed by atoms with E-state index in [1.807, 2.05) is 6.92 Å². The maximum absolute atomic E-state index is 12.9. The minimum Gasteiger partial charge on any atom is -0.354 e. The van der Waals surface area contributed by atoms with Crippen LogP contribution < -0.4 is 10.6 Å². The highest BCUT2D eigenvalue weighted by atomic mass is 19.4. The van der Waals surface area contributed by atoms with Crippen LogP contribution in [0.15, 0.2) is 60.8 Å². The smallest absolute Gasteiger partial charge is 0.354 e. The van der Waals surface area contributed by atoms with Gasteiger partial charge in [0, 0.05) is 30.1 Å². The second kappa shape index (κ2) is 8.36. The Morgan fingerprint density at radius 2 is 1.73 bits per heavy atom. The number of carbonyl (C=O) groups excluding carboxylic acids is 2. The zero-order valence-electron chi connectivity index (χ0n) is 16.2. The van der Waals surface area contributed by atoms with Gasteiger partial charge in [0.05, 0.1) is 5.56 Å². The van der Waals surface area contributed by atoms with Gasteiger partial charge in [-0.2, -0.15) is 13.2 Å². The Kier molecular flexibility index (Phi) is 5.86. The van der Waals surface area contributed by atoms with Crippen molar-refractivity contribution in [3.05, 3.63) is 83.2 Å². The van der Waals surface area contributed by atoms with Crippen LogP contribution in [-0.4, -0.2) is 23.8 Å². The number of nitrogens with one attached hydrogen (secondary N) is 2. The SMILES string of the molecule is CNC(=O)c1ccc(-c2cc(C(=O)Nc3cccc(C(F)(F)F)c3)ccc2C)cn1. The fraction of sp³-hybridized carbons (Fsp3) is 0.136. The van der Waals surface area contributed by atoms with Crippen LogP contribution in [0.5, 0.6) is 0 Å². The molecule has 1 heterocycles. The number of hydrogen-bond donors (Lipinski definition) is 2. The normalized spacial score (nSPS) is 11.1. The molecule has 0 spiro atoms. The molecule has 1 aromatic heterocycles. The summed E-state index contributed by atoms with van der Waals surface area (Å²) in [7, 11) is 1.51. The number of hydrogen-bond acceptors (Lipinski definition) is 3. The van der Waals surface area contributed by atoms with Crippen molar-refractivity contribution >= 4 is 17.5 Å². The molecular formula is C22H18F3N3O2. The highest BCUT2D eigenvalue weighted by Crippen LogP contribution is 2.31. The Balaban J connectivity index is 1.86. The summed E-state index contributed by atoms with van der Waals surface area (Å²) in [6, 6.07) is 12.7. The van der Waals surface area contributed by atoms with Crippen molar-refractivity contribution in [3.8, 4) is 11.1 Å². The summed E-state index contributed by atoms with van der Waals surface area (Å²) in [4.78, 5) is 28.3. The van der Waals surface area contributed by atoms with Crippen molar-refractivity contribution in [2.24, 2.45) is 0 Å². The molecule has 0 saturated carbocycles. The van der Waals surface area contributed by atoms with Crippen molar-refractivity contribution in [2.45, 2.75) is 13.1 Å². The summed E-state index contributed by atoms with van der Waals surface area (Å²) in [5.74, 6) is -0.849. The molecule has 0 radical (unpaired) electrons. The van der Waals surface area contributed by atoms with Crippen molar-refractivity contribution < 1.29 is 22.8 Å². The average Bonchev–Trinajstić information content (AvgIpc) is 2.73. The fourth-order valence-corrected chi connectivity index (χ4v) is 2.87. The first kappa shape index (κ1) is 21.0. The van der Waals surface area contributed by atoms with E-state index in [4.69, 9.17) is 0 Å². The number of aromatic nitrogens is 1. The van der Waals surface area contributed by atoms with Crippen molar-refractivity contribution in [1.29, 1.82) is 0 Å². The molecule has 0 unspecified atom stereocenters. The predicted molar refractivity (Wildman–Crippen MR) is 107 cm³/mol. The molecule has 0 aliphatic carbocycles. The van der Waals surface area contributed by atoms with Crippen LogP contribution in [0.25, 0.3) is 11.1 Å². The molecule has 0 aliphatic heterocycles. The summed E-state index contributed by atoms with van der Waals surface area (Å²) in [5, 5.41) is 4.98. The largest absolute Gasteiger partial charge is 0.416 e. The minimum atomic E-state index is -4.49. The van der Waals surface area contributed by atoms with E-state index in [1.54, 1.807) is 30.3 Å². The van der Waals surface area contributed by atoms with Crippen LogP contribution in [-0.2, 0) is 6.18 Å². The summed E-state index contributed by atoms with van der Waals surface area (Å²) in [6.07, 6.45) is -2.97. The minimum absolute atomic E-state index is 0.0496. The highest BCUT2D eigenvalue weighted by Gasteiger charge is 2.30. The first-order chi connectivity index (χ1) is 14.2. The summed E-state index contributed by atoms with van der Waals surface area (Å²) < 4.78 is 38.6. The number of pyridine rings is 1. The first-order valence-electron chi connectivity index (χ1n) is 8.97. The maximum Gasteiger partial charge on any atom is 0.416 e. The number of aryl methyl sites for hydroxylation is 1. The number of amides is 2. The summed E-state index contributed by atoms with van der Waals surface area (Å²) in [5.41, 5.74) is 2.05. The summed E-state index contributed by atoms with van der Waals surface area (Å²) >= 11 is 0. The lowest BCUT2D eigenvalue weighted by molar-refractivity contribution is -0.137. The fourth-order valence-electron chi connectivity index (χ4n) is 2.87. The van der Waals surface area contributed by atoms with Crippen LogP contribution in [0, 0.1) is 6.92 Å². The maximum atomic E-state index is 12.9. The molecular weight excluding hydrogens is 395 g/mol. The average molecular weight is 413 g/mol. The van der Waals surface area contributed by atoms with E-state index in [2.05, 4.69) is 15.6 Å². The number of carbonyl (C=O) groups is 2. The molecule has 0 bridgehead atoms. The number of nitrogens with zero attached hydrogens (tertiary/aromatic N) is 1. The van der Waals surface area contributed by atoms with Gasteiger partial charge in [-0.05, 0) is 54.4 Å². The van der Waals surface area contributed by atoms with Gasteiger partial charge in [0.2, 0.25) is 0 Å².